The number of halogens is 4. The summed E-state index contributed by atoms with van der Waals surface area (Å²) in [7, 11) is 5.76. The third-order valence-electron chi connectivity index (χ3n) is 14.0. The molecule has 1 aliphatic carbocycles. The van der Waals surface area contributed by atoms with E-state index in [0.717, 1.165) is 23.3 Å². The molecule has 0 saturated carbocycles. The Morgan fingerprint density at radius 3 is 1.39 bits per heavy atom. The highest BCUT2D eigenvalue weighted by Gasteiger charge is 2.37. The molecule has 9 rings (SSSR count). The van der Waals surface area contributed by atoms with Gasteiger partial charge in [0.1, 0.15) is 46.0 Å². The molecule has 380 valence electrons. The number of hydrogen-bond acceptors (Lipinski definition) is 9. The van der Waals surface area contributed by atoms with Crippen molar-refractivity contribution in [3.05, 3.63) is 229 Å². The molecule has 0 spiro atoms. The largest absolute Gasteiger partial charge is 0.507 e. The van der Waals surface area contributed by atoms with Gasteiger partial charge in [-0.15, -0.1) is 0 Å². The molecule has 8 aromatic rings. The van der Waals surface area contributed by atoms with Crippen LogP contribution < -0.4 is 23.7 Å². The van der Waals surface area contributed by atoms with Crippen LogP contribution in [0.5, 0.6) is 51.7 Å². The highest BCUT2D eigenvalue weighted by Crippen LogP contribution is 2.54. The van der Waals surface area contributed by atoms with Gasteiger partial charge < -0.3 is 44.1 Å². The summed E-state index contributed by atoms with van der Waals surface area (Å²) in [6, 6.07) is 37.0. The van der Waals surface area contributed by atoms with E-state index >= 15 is 4.39 Å². The van der Waals surface area contributed by atoms with E-state index in [9.17, 15) is 33.6 Å². The standard InChI is InChI=1S/C61H54F4O9/c1-8-74-56-30-51(69)40-26-46(56)60(38-20-14-32(2)22-33(38)3)42-24-39(48(66)28-49(42)67)59(36-17-21-52(70-4)47(62)23-36)41-25-43(53(71-5)29-50(41)68)58(34-12-10-9-11-13-34)45-27-44(54(72-6)31-55(45)73-7)57(40)35-15-18-37(19-16-35)61(63,64)65/h9-31,57-60,66-69H,8H2,1-7H3. The van der Waals surface area contributed by atoms with Gasteiger partial charge in [-0.3, -0.25) is 0 Å². The third-order valence-corrected chi connectivity index (χ3v) is 14.0. The second kappa shape index (κ2) is 20.3. The van der Waals surface area contributed by atoms with Crippen molar-refractivity contribution in [1.82, 2.24) is 0 Å². The van der Waals surface area contributed by atoms with E-state index in [1.54, 1.807) is 37.3 Å². The van der Waals surface area contributed by atoms with Crippen molar-refractivity contribution in [1.29, 1.82) is 0 Å². The topological polar surface area (TPSA) is 127 Å². The maximum absolute atomic E-state index is 16.1. The maximum atomic E-state index is 16.1. The van der Waals surface area contributed by atoms with E-state index in [1.807, 2.05) is 68.4 Å². The average molecular weight is 1010 g/mol. The monoisotopic (exact) mass is 1010 g/mol. The SMILES string of the molecule is CCOc1cc(O)c2cc1C(c1ccc(C)cc1C)c1cc(c(O)cc1O)C(c1ccc(OC)c(F)c1)c1cc(c(OC)cc1O)C(c1ccccc1)c1cc(c(OC)cc1OC)C2c1ccc(C(F)(F)F)cc1. The Morgan fingerprint density at radius 2 is 0.865 bits per heavy atom. The fourth-order valence-electron chi connectivity index (χ4n) is 10.7. The lowest BCUT2D eigenvalue weighted by Crippen LogP contribution is -2.15. The molecule has 0 fully saturated rings. The molecule has 0 heterocycles. The fourth-order valence-corrected chi connectivity index (χ4v) is 10.7. The molecule has 9 nitrogen and oxygen atoms in total. The summed E-state index contributed by atoms with van der Waals surface area (Å²) in [5, 5.41) is 49.5. The van der Waals surface area contributed by atoms with Gasteiger partial charge in [-0.2, -0.15) is 13.2 Å². The third kappa shape index (κ3) is 9.23. The molecule has 74 heavy (non-hydrogen) atoms. The molecule has 0 radical (unpaired) electrons. The van der Waals surface area contributed by atoms with Crippen molar-refractivity contribution in [2.75, 3.05) is 35.0 Å². The zero-order valence-electron chi connectivity index (χ0n) is 41.6. The molecule has 8 aromatic carbocycles. The number of ether oxygens (including phenoxy) is 5. The van der Waals surface area contributed by atoms with Gasteiger partial charge in [0.15, 0.2) is 11.6 Å². The van der Waals surface area contributed by atoms with Crippen LogP contribution in [0.4, 0.5) is 17.6 Å². The van der Waals surface area contributed by atoms with Gasteiger partial charge >= 0.3 is 6.18 Å². The predicted octanol–water partition coefficient (Wildman–Crippen LogP) is 13.8. The quantitative estimate of drug-likeness (QED) is 0.0991. The molecule has 1 aliphatic rings. The molecule has 0 aromatic heterocycles. The molecule has 8 bridgehead atoms. The number of rotatable bonds is 10. The second-order valence-electron chi connectivity index (χ2n) is 18.4. The van der Waals surface area contributed by atoms with Crippen LogP contribution in [-0.2, 0) is 6.18 Å². The first-order valence-corrected chi connectivity index (χ1v) is 23.8. The summed E-state index contributed by atoms with van der Waals surface area (Å²) in [6.07, 6.45) is -4.66. The van der Waals surface area contributed by atoms with Crippen LogP contribution in [0.25, 0.3) is 0 Å². The Hall–Kier alpha value is -8.32. The minimum atomic E-state index is -4.66. The van der Waals surface area contributed by atoms with Crippen molar-refractivity contribution in [2.24, 2.45) is 0 Å². The number of aryl methyl sites for hydroxylation is 2. The molecule has 4 unspecified atom stereocenters. The van der Waals surface area contributed by atoms with Crippen LogP contribution >= 0.6 is 0 Å². The van der Waals surface area contributed by atoms with Gasteiger partial charge in [0, 0.05) is 92.4 Å². The zero-order valence-corrected chi connectivity index (χ0v) is 41.6. The second-order valence-corrected chi connectivity index (χ2v) is 18.4. The molecule has 0 aliphatic heterocycles. The minimum absolute atomic E-state index is 0.0418. The van der Waals surface area contributed by atoms with Crippen LogP contribution in [0.1, 0.15) is 114 Å². The highest BCUT2D eigenvalue weighted by atomic mass is 19.4. The molecule has 13 heteroatoms. The highest BCUT2D eigenvalue weighted by molar-refractivity contribution is 5.68. The van der Waals surface area contributed by atoms with Crippen molar-refractivity contribution in [3.63, 3.8) is 0 Å². The molecule has 0 saturated heterocycles. The predicted molar refractivity (Wildman–Crippen MR) is 274 cm³/mol. The first kappa shape index (κ1) is 50.6. The number of benzene rings is 8. The van der Waals surface area contributed by atoms with E-state index in [0.29, 0.717) is 50.3 Å². The smallest absolute Gasteiger partial charge is 0.416 e. The van der Waals surface area contributed by atoms with Crippen LogP contribution in [-0.4, -0.2) is 55.5 Å². The lowest BCUT2D eigenvalue weighted by Gasteiger charge is -2.31. The number of phenols is 4. The van der Waals surface area contributed by atoms with E-state index in [4.69, 9.17) is 23.7 Å². The van der Waals surface area contributed by atoms with Crippen molar-refractivity contribution in [3.8, 4) is 51.7 Å². The van der Waals surface area contributed by atoms with Crippen molar-refractivity contribution >= 4 is 0 Å². The van der Waals surface area contributed by atoms with Gasteiger partial charge in [0.25, 0.3) is 0 Å². The van der Waals surface area contributed by atoms with E-state index in [2.05, 4.69) is 0 Å². The summed E-state index contributed by atoms with van der Waals surface area (Å²) in [6.45, 7) is 5.78. The number of alkyl halides is 3. The lowest BCUT2D eigenvalue weighted by molar-refractivity contribution is -0.137. The number of fused-ring (bicyclic) bond motifs is 8. The minimum Gasteiger partial charge on any atom is -0.507 e. The van der Waals surface area contributed by atoms with Gasteiger partial charge in [-0.05, 0) is 97.1 Å². The summed E-state index contributed by atoms with van der Waals surface area (Å²) in [4.78, 5) is 0. The molecule has 4 N–H and O–H groups in total. The van der Waals surface area contributed by atoms with Crippen LogP contribution in [0.3, 0.4) is 0 Å². The number of methoxy groups -OCH3 is 4. The van der Waals surface area contributed by atoms with Gasteiger partial charge in [-0.1, -0.05) is 72.3 Å². The summed E-state index contributed by atoms with van der Waals surface area (Å²) in [5.41, 5.74) is 5.64. The van der Waals surface area contributed by atoms with Crippen LogP contribution in [0.15, 0.2) is 140 Å². The van der Waals surface area contributed by atoms with Gasteiger partial charge in [-0.25, -0.2) is 4.39 Å². The Bertz CT molecular complexity index is 3390. The van der Waals surface area contributed by atoms with Gasteiger partial charge in [0.2, 0.25) is 0 Å². The number of hydrogen-bond donors (Lipinski definition) is 4. The first-order chi connectivity index (χ1) is 35.5. The fraction of sp³-hybridized carbons (Fsp3) is 0.213. The maximum Gasteiger partial charge on any atom is 0.416 e. The summed E-state index contributed by atoms with van der Waals surface area (Å²) in [5.74, 6) is -4.93. The van der Waals surface area contributed by atoms with Crippen molar-refractivity contribution in [2.45, 2.75) is 50.6 Å². The van der Waals surface area contributed by atoms with E-state index < -0.39 is 41.2 Å². The summed E-state index contributed by atoms with van der Waals surface area (Å²) >= 11 is 0. The average Bonchev–Trinajstić information content (AvgIpc) is 3.38. The molecular formula is C61H54F4O9. The Balaban J connectivity index is 1.52. The van der Waals surface area contributed by atoms with Crippen LogP contribution in [0, 0.1) is 19.7 Å². The first-order valence-electron chi connectivity index (χ1n) is 23.8. The van der Waals surface area contributed by atoms with Gasteiger partial charge in [0.05, 0.1) is 40.6 Å². The molecule has 0 amide bonds. The molecule has 4 atom stereocenters. The van der Waals surface area contributed by atoms with E-state index in [1.165, 1.54) is 70.9 Å². The normalized spacial score (nSPS) is 16.3. The number of phenolic OH excluding ortho intramolecular Hbond substituents is 4. The van der Waals surface area contributed by atoms with Crippen molar-refractivity contribution < 1.29 is 61.7 Å². The Kier molecular flexibility index (Phi) is 13.9. The zero-order chi connectivity index (χ0) is 52.7. The number of aromatic hydroxyl groups is 4. The molecular weight excluding hydrogens is 953 g/mol. The lowest BCUT2D eigenvalue weighted by atomic mass is 9.74. The Labute approximate surface area is 426 Å². The Morgan fingerprint density at radius 1 is 0.419 bits per heavy atom. The van der Waals surface area contributed by atoms with Crippen LogP contribution in [0.2, 0.25) is 0 Å². The summed E-state index contributed by atoms with van der Waals surface area (Å²) < 4.78 is 89.2. The van der Waals surface area contributed by atoms with E-state index in [-0.39, 0.29) is 74.9 Å².